The lowest BCUT2D eigenvalue weighted by atomic mass is 9.94. The van der Waals surface area contributed by atoms with Gasteiger partial charge in [0, 0.05) is 22.2 Å². The molecule has 0 bridgehead atoms. The third-order valence-electron chi connectivity index (χ3n) is 8.12. The normalized spacial score (nSPS) is 13.2. The predicted molar refractivity (Wildman–Crippen MR) is 195 cm³/mol. The topological polar surface area (TPSA) is 54.8 Å². The fraction of sp³-hybridized carbons (Fsp3) is 0.0714. The SMILES string of the molecule is C\C=C/C(=C\c1ccc2c3ccc(-c4cccc5ccccc45)cc3n(-c3ccccc3)c2c1)C(=C/C=C\N)/C(C)=C/C(C)=N. The zero-order chi connectivity index (χ0) is 31.3. The minimum Gasteiger partial charge on any atom is -0.405 e. The van der Waals surface area contributed by atoms with Gasteiger partial charge in [-0.1, -0.05) is 103 Å². The van der Waals surface area contributed by atoms with Crippen molar-refractivity contribution in [3.05, 3.63) is 168 Å². The first-order valence-electron chi connectivity index (χ1n) is 15.3. The molecule has 0 fully saturated rings. The Balaban J connectivity index is 1.59. The molecule has 0 atom stereocenters. The summed E-state index contributed by atoms with van der Waals surface area (Å²) < 4.78 is 2.38. The van der Waals surface area contributed by atoms with Gasteiger partial charge in [-0.15, -0.1) is 0 Å². The first-order chi connectivity index (χ1) is 22.0. The third-order valence-corrected chi connectivity index (χ3v) is 8.12. The highest BCUT2D eigenvalue weighted by Gasteiger charge is 2.15. The lowest BCUT2D eigenvalue weighted by molar-refractivity contribution is 1.18. The van der Waals surface area contributed by atoms with Crippen LogP contribution in [0, 0.1) is 5.41 Å². The van der Waals surface area contributed by atoms with Crippen molar-refractivity contribution in [3.63, 3.8) is 0 Å². The maximum atomic E-state index is 8.03. The largest absolute Gasteiger partial charge is 0.405 e. The summed E-state index contributed by atoms with van der Waals surface area (Å²) in [5.41, 5.74) is 16.3. The fourth-order valence-corrected chi connectivity index (χ4v) is 6.21. The first kappa shape index (κ1) is 29.4. The first-order valence-corrected chi connectivity index (χ1v) is 15.3. The Bertz CT molecular complexity index is 2200. The maximum absolute atomic E-state index is 8.03. The van der Waals surface area contributed by atoms with E-state index in [9.17, 15) is 0 Å². The van der Waals surface area contributed by atoms with Crippen molar-refractivity contribution in [2.24, 2.45) is 5.73 Å². The van der Waals surface area contributed by atoms with E-state index in [1.807, 2.05) is 38.2 Å². The smallest absolute Gasteiger partial charge is 0.0547 e. The lowest BCUT2D eigenvalue weighted by Crippen LogP contribution is -1.95. The van der Waals surface area contributed by atoms with E-state index in [2.05, 4.69) is 126 Å². The van der Waals surface area contributed by atoms with Crippen LogP contribution in [0.3, 0.4) is 0 Å². The maximum Gasteiger partial charge on any atom is 0.0547 e. The quantitative estimate of drug-likeness (QED) is 0.136. The molecule has 0 radical (unpaired) electrons. The molecule has 0 saturated carbocycles. The van der Waals surface area contributed by atoms with Gasteiger partial charge in [-0.25, -0.2) is 0 Å². The van der Waals surface area contributed by atoms with E-state index < -0.39 is 0 Å². The van der Waals surface area contributed by atoms with Crippen LogP contribution in [0.5, 0.6) is 0 Å². The minimum absolute atomic E-state index is 0.506. The molecule has 6 aromatic rings. The molecule has 0 unspecified atom stereocenters. The second-order valence-corrected chi connectivity index (χ2v) is 11.3. The van der Waals surface area contributed by atoms with Crippen LogP contribution < -0.4 is 5.73 Å². The Morgan fingerprint density at radius 2 is 1.47 bits per heavy atom. The lowest BCUT2D eigenvalue weighted by Gasteiger charge is -2.12. The standard InChI is InChI=1S/C42H37N3/c1-4-12-33(36(19-11-24-43)29(2)25-30(3)44)26-31-20-22-39-40-23-21-34(38-18-10-14-32-13-8-9-17-37(32)38)28-42(40)45(41(39)27-31)35-15-6-5-7-16-35/h4-28,44H,43H2,1-3H3/b12-4-,24-11-,29-25+,33-26+,36-19+,44-30?. The van der Waals surface area contributed by atoms with Crippen molar-refractivity contribution in [3.8, 4) is 16.8 Å². The second-order valence-electron chi connectivity index (χ2n) is 11.3. The van der Waals surface area contributed by atoms with Crippen molar-refractivity contribution >= 4 is 44.4 Å². The van der Waals surface area contributed by atoms with Crippen molar-refractivity contribution in [1.29, 1.82) is 5.41 Å². The molecule has 0 saturated heterocycles. The van der Waals surface area contributed by atoms with Gasteiger partial charge in [-0.2, -0.15) is 0 Å². The summed E-state index contributed by atoms with van der Waals surface area (Å²) in [5, 5.41) is 12.9. The number of hydrogen-bond acceptors (Lipinski definition) is 2. The molecule has 5 aromatic carbocycles. The van der Waals surface area contributed by atoms with Crippen LogP contribution in [-0.2, 0) is 0 Å². The highest BCUT2D eigenvalue weighted by atomic mass is 15.0. The Morgan fingerprint density at radius 3 is 2.22 bits per heavy atom. The van der Waals surface area contributed by atoms with E-state index in [-0.39, 0.29) is 0 Å². The summed E-state index contributed by atoms with van der Waals surface area (Å²) in [4.78, 5) is 0. The molecule has 3 nitrogen and oxygen atoms in total. The van der Waals surface area contributed by atoms with Gasteiger partial charge in [0.2, 0.25) is 0 Å². The average Bonchev–Trinajstić information content (AvgIpc) is 3.37. The molecule has 3 heteroatoms. The summed E-state index contributed by atoms with van der Waals surface area (Å²) in [6.45, 7) is 5.85. The van der Waals surface area contributed by atoms with Gasteiger partial charge < -0.3 is 15.7 Å². The van der Waals surface area contributed by atoms with E-state index in [0.717, 1.165) is 33.5 Å². The molecule has 1 heterocycles. The summed E-state index contributed by atoms with van der Waals surface area (Å²) in [6.07, 6.45) is 13.6. The molecule has 0 spiro atoms. The van der Waals surface area contributed by atoms with Crippen LogP contribution in [0.4, 0.5) is 0 Å². The van der Waals surface area contributed by atoms with Crippen LogP contribution >= 0.6 is 0 Å². The van der Waals surface area contributed by atoms with E-state index >= 15 is 0 Å². The number of rotatable bonds is 8. The number of nitrogens with two attached hydrogens (primary N) is 1. The van der Waals surface area contributed by atoms with Crippen LogP contribution in [0.15, 0.2) is 162 Å². The predicted octanol–water partition coefficient (Wildman–Crippen LogP) is 10.9. The molecule has 0 aliphatic heterocycles. The molecule has 6 rings (SSSR count). The summed E-state index contributed by atoms with van der Waals surface area (Å²) in [6, 6.07) is 39.3. The van der Waals surface area contributed by atoms with Gasteiger partial charge in [-0.05, 0) is 114 Å². The van der Waals surface area contributed by atoms with Crippen molar-refractivity contribution in [1.82, 2.24) is 4.57 Å². The zero-order valence-electron chi connectivity index (χ0n) is 26.0. The van der Waals surface area contributed by atoms with E-state index in [1.54, 1.807) is 6.92 Å². The molecule has 220 valence electrons. The Morgan fingerprint density at radius 1 is 0.756 bits per heavy atom. The average molecular weight is 584 g/mol. The number of nitrogens with one attached hydrogen (secondary N) is 1. The fourth-order valence-electron chi connectivity index (χ4n) is 6.21. The molecular formula is C42H37N3. The number of hydrogen-bond donors (Lipinski definition) is 2. The van der Waals surface area contributed by atoms with Gasteiger partial charge in [0.25, 0.3) is 0 Å². The number of fused-ring (bicyclic) bond motifs is 4. The van der Waals surface area contributed by atoms with Crippen LogP contribution in [-0.4, -0.2) is 10.3 Å². The summed E-state index contributed by atoms with van der Waals surface area (Å²) in [5.74, 6) is 0. The van der Waals surface area contributed by atoms with Crippen LogP contribution in [0.1, 0.15) is 26.3 Å². The highest BCUT2D eigenvalue weighted by molar-refractivity contribution is 6.11. The number of aromatic nitrogens is 1. The number of benzene rings is 5. The van der Waals surface area contributed by atoms with Gasteiger partial charge in [0.15, 0.2) is 0 Å². The zero-order valence-corrected chi connectivity index (χ0v) is 26.0. The van der Waals surface area contributed by atoms with Gasteiger partial charge in [-0.3, -0.25) is 0 Å². The van der Waals surface area contributed by atoms with Gasteiger partial charge in [0.05, 0.1) is 11.0 Å². The van der Waals surface area contributed by atoms with Gasteiger partial charge >= 0.3 is 0 Å². The van der Waals surface area contributed by atoms with Crippen molar-refractivity contribution in [2.45, 2.75) is 20.8 Å². The summed E-state index contributed by atoms with van der Waals surface area (Å²) in [7, 11) is 0. The monoisotopic (exact) mass is 583 g/mol. The van der Waals surface area contributed by atoms with Crippen LogP contribution in [0.25, 0.3) is 55.5 Å². The second kappa shape index (κ2) is 12.9. The molecule has 45 heavy (non-hydrogen) atoms. The Kier molecular flexibility index (Phi) is 8.43. The molecule has 0 amide bonds. The molecule has 1 aromatic heterocycles. The van der Waals surface area contributed by atoms with E-state index in [4.69, 9.17) is 11.1 Å². The van der Waals surface area contributed by atoms with Crippen molar-refractivity contribution in [2.75, 3.05) is 0 Å². The number of nitrogens with zero attached hydrogens (tertiary/aromatic N) is 1. The molecule has 0 aliphatic carbocycles. The molecular weight excluding hydrogens is 546 g/mol. The third kappa shape index (κ3) is 5.93. The molecule has 0 aliphatic rings. The van der Waals surface area contributed by atoms with E-state index in [1.165, 1.54) is 44.4 Å². The van der Waals surface area contributed by atoms with E-state index in [0.29, 0.717) is 5.71 Å². The number of para-hydroxylation sites is 1. The Labute approximate surface area is 265 Å². The highest BCUT2D eigenvalue weighted by Crippen LogP contribution is 2.37. The summed E-state index contributed by atoms with van der Waals surface area (Å²) >= 11 is 0. The Hall–Kier alpha value is -5.67. The minimum atomic E-state index is 0.506. The van der Waals surface area contributed by atoms with Crippen LogP contribution in [0.2, 0.25) is 0 Å². The van der Waals surface area contributed by atoms with Gasteiger partial charge in [0.1, 0.15) is 0 Å². The van der Waals surface area contributed by atoms with Crippen molar-refractivity contribution < 1.29 is 0 Å². The molecule has 3 N–H and O–H groups in total. The number of allylic oxidation sites excluding steroid dienone is 8.